The lowest BCUT2D eigenvalue weighted by molar-refractivity contribution is -0.133. The Labute approximate surface area is 134 Å². The van der Waals surface area contributed by atoms with E-state index >= 15 is 0 Å². The first-order valence-electron chi connectivity index (χ1n) is 6.57. The van der Waals surface area contributed by atoms with Crippen LogP contribution in [0.1, 0.15) is 27.7 Å². The molecule has 0 heterocycles. The number of nitrogens with zero attached hydrogens (tertiary/aromatic N) is 1. The number of halogens is 1. The van der Waals surface area contributed by atoms with Crippen molar-refractivity contribution in [1.29, 1.82) is 0 Å². The smallest absolute Gasteiger partial charge is 0.240 e. The zero-order valence-electron chi connectivity index (χ0n) is 12.7. The number of carbonyl (C=O) groups is 1. The molecule has 0 bridgehead atoms. The molecular formula is C14H21BrN2O3S. The quantitative estimate of drug-likeness (QED) is 0.857. The number of nitrogens with one attached hydrogen (secondary N) is 1. The summed E-state index contributed by atoms with van der Waals surface area (Å²) in [6.45, 7) is 7.73. The van der Waals surface area contributed by atoms with Gasteiger partial charge in [-0.3, -0.25) is 4.79 Å². The maximum atomic E-state index is 12.1. The van der Waals surface area contributed by atoms with Crippen LogP contribution in [0.25, 0.3) is 0 Å². The standard InChI is InChI=1S/C14H21BrN2O3S/c1-11(18)17(14(2,3)4)10-9-16-21(19,20)13-7-5-12(15)6-8-13/h5-8,16H,9-10H2,1-4H3. The van der Waals surface area contributed by atoms with E-state index in [0.29, 0.717) is 6.54 Å². The second-order valence-corrected chi connectivity index (χ2v) is 8.38. The lowest BCUT2D eigenvalue weighted by Gasteiger charge is -2.35. The minimum absolute atomic E-state index is 0.0784. The topological polar surface area (TPSA) is 66.5 Å². The van der Waals surface area contributed by atoms with Gasteiger partial charge in [-0.25, -0.2) is 13.1 Å². The summed E-state index contributed by atoms with van der Waals surface area (Å²) in [6, 6.07) is 6.40. The fourth-order valence-corrected chi connectivity index (χ4v) is 3.24. The molecule has 0 aliphatic heterocycles. The van der Waals surface area contributed by atoms with Gasteiger partial charge in [-0.15, -0.1) is 0 Å². The summed E-state index contributed by atoms with van der Waals surface area (Å²) in [6.07, 6.45) is 0. The number of hydrogen-bond acceptors (Lipinski definition) is 3. The molecule has 0 atom stereocenters. The Morgan fingerprint density at radius 2 is 1.76 bits per heavy atom. The average Bonchev–Trinajstić information content (AvgIpc) is 2.33. The van der Waals surface area contributed by atoms with Gasteiger partial charge >= 0.3 is 0 Å². The lowest BCUT2D eigenvalue weighted by atomic mass is 10.1. The van der Waals surface area contributed by atoms with E-state index in [-0.39, 0.29) is 22.9 Å². The van der Waals surface area contributed by atoms with E-state index in [9.17, 15) is 13.2 Å². The van der Waals surface area contributed by atoms with Crippen LogP contribution in [-0.2, 0) is 14.8 Å². The minimum Gasteiger partial charge on any atom is -0.337 e. The normalized spacial score (nSPS) is 12.2. The van der Waals surface area contributed by atoms with Crippen LogP contribution in [0, 0.1) is 0 Å². The Hall–Kier alpha value is -0.920. The van der Waals surface area contributed by atoms with Gasteiger partial charge in [-0.2, -0.15) is 0 Å². The van der Waals surface area contributed by atoms with Crippen LogP contribution in [0.4, 0.5) is 0 Å². The Morgan fingerprint density at radius 1 is 1.24 bits per heavy atom. The summed E-state index contributed by atoms with van der Waals surface area (Å²) in [5.41, 5.74) is -0.338. The SMILES string of the molecule is CC(=O)N(CCNS(=O)(=O)c1ccc(Br)cc1)C(C)(C)C. The highest BCUT2D eigenvalue weighted by atomic mass is 79.9. The Balaban J connectivity index is 2.70. The number of benzene rings is 1. The highest BCUT2D eigenvalue weighted by Gasteiger charge is 2.24. The van der Waals surface area contributed by atoms with Gasteiger partial charge in [0.05, 0.1) is 4.90 Å². The summed E-state index contributed by atoms with van der Waals surface area (Å²) in [5, 5.41) is 0. The van der Waals surface area contributed by atoms with Gasteiger partial charge in [0.25, 0.3) is 0 Å². The first-order chi connectivity index (χ1) is 9.54. The third-order valence-electron chi connectivity index (χ3n) is 2.94. The van der Waals surface area contributed by atoms with Crippen molar-refractivity contribution in [2.24, 2.45) is 0 Å². The molecule has 5 nitrogen and oxygen atoms in total. The molecule has 0 saturated heterocycles. The minimum atomic E-state index is -3.55. The van der Waals surface area contributed by atoms with E-state index in [2.05, 4.69) is 20.7 Å². The molecule has 21 heavy (non-hydrogen) atoms. The molecule has 1 rings (SSSR count). The third kappa shape index (κ3) is 5.41. The summed E-state index contributed by atoms with van der Waals surface area (Å²) >= 11 is 3.26. The van der Waals surface area contributed by atoms with Crippen LogP contribution in [-0.4, -0.2) is 37.9 Å². The molecule has 0 saturated carbocycles. The third-order valence-corrected chi connectivity index (χ3v) is 4.95. The number of rotatable bonds is 5. The molecule has 0 aromatic heterocycles. The summed E-state index contributed by atoms with van der Waals surface area (Å²) in [4.78, 5) is 13.4. The van der Waals surface area contributed by atoms with Crippen molar-refractivity contribution in [3.8, 4) is 0 Å². The Bertz CT molecular complexity index is 592. The molecule has 0 aliphatic carbocycles. The van der Waals surface area contributed by atoms with Crippen molar-refractivity contribution in [2.45, 2.75) is 38.1 Å². The first-order valence-corrected chi connectivity index (χ1v) is 8.85. The molecule has 0 unspecified atom stereocenters. The number of hydrogen-bond donors (Lipinski definition) is 1. The molecule has 1 N–H and O–H groups in total. The van der Waals surface area contributed by atoms with E-state index in [4.69, 9.17) is 0 Å². The molecular weight excluding hydrogens is 356 g/mol. The summed E-state index contributed by atoms with van der Waals surface area (Å²) in [7, 11) is -3.55. The van der Waals surface area contributed by atoms with Crippen LogP contribution in [0.3, 0.4) is 0 Å². The van der Waals surface area contributed by atoms with Crippen LogP contribution in [0.15, 0.2) is 33.6 Å². The molecule has 118 valence electrons. The largest absolute Gasteiger partial charge is 0.337 e. The van der Waals surface area contributed by atoms with E-state index in [1.165, 1.54) is 19.1 Å². The predicted molar refractivity (Wildman–Crippen MR) is 86.5 cm³/mol. The van der Waals surface area contributed by atoms with Crippen molar-refractivity contribution >= 4 is 31.9 Å². The maximum absolute atomic E-state index is 12.1. The summed E-state index contributed by atoms with van der Waals surface area (Å²) in [5.74, 6) is -0.0784. The van der Waals surface area contributed by atoms with Crippen LogP contribution >= 0.6 is 15.9 Å². The van der Waals surface area contributed by atoms with E-state index in [0.717, 1.165) is 4.47 Å². The van der Waals surface area contributed by atoms with E-state index in [1.807, 2.05) is 20.8 Å². The average molecular weight is 377 g/mol. The van der Waals surface area contributed by atoms with Crippen LogP contribution < -0.4 is 4.72 Å². The van der Waals surface area contributed by atoms with Gasteiger partial charge < -0.3 is 4.90 Å². The number of amides is 1. The van der Waals surface area contributed by atoms with Gasteiger partial charge in [-0.1, -0.05) is 15.9 Å². The fourth-order valence-electron chi connectivity index (χ4n) is 1.95. The van der Waals surface area contributed by atoms with Crippen molar-refractivity contribution in [3.63, 3.8) is 0 Å². The van der Waals surface area contributed by atoms with Crippen molar-refractivity contribution in [2.75, 3.05) is 13.1 Å². The van der Waals surface area contributed by atoms with E-state index < -0.39 is 10.0 Å². The van der Waals surface area contributed by atoms with Crippen molar-refractivity contribution in [1.82, 2.24) is 9.62 Å². The number of carbonyl (C=O) groups excluding carboxylic acids is 1. The number of sulfonamides is 1. The van der Waals surface area contributed by atoms with Crippen LogP contribution in [0.5, 0.6) is 0 Å². The monoisotopic (exact) mass is 376 g/mol. The first kappa shape index (κ1) is 18.1. The van der Waals surface area contributed by atoms with Gasteiger partial charge in [-0.05, 0) is 45.0 Å². The molecule has 1 amide bonds. The second kappa shape index (κ2) is 6.89. The highest BCUT2D eigenvalue weighted by Crippen LogP contribution is 2.15. The molecule has 1 aromatic rings. The Kier molecular flexibility index (Phi) is 5.95. The van der Waals surface area contributed by atoms with Crippen molar-refractivity contribution < 1.29 is 13.2 Å². The van der Waals surface area contributed by atoms with E-state index in [1.54, 1.807) is 17.0 Å². The molecule has 0 radical (unpaired) electrons. The fraction of sp³-hybridized carbons (Fsp3) is 0.500. The van der Waals surface area contributed by atoms with Gasteiger partial charge in [0.1, 0.15) is 0 Å². The van der Waals surface area contributed by atoms with Gasteiger partial charge in [0, 0.05) is 30.0 Å². The summed E-state index contributed by atoms with van der Waals surface area (Å²) < 4.78 is 27.6. The predicted octanol–water partition coefficient (Wildman–Crippen LogP) is 2.37. The van der Waals surface area contributed by atoms with Crippen LogP contribution in [0.2, 0.25) is 0 Å². The maximum Gasteiger partial charge on any atom is 0.240 e. The second-order valence-electron chi connectivity index (χ2n) is 5.69. The molecule has 0 aliphatic rings. The molecule has 0 fully saturated rings. The molecule has 0 spiro atoms. The lowest BCUT2D eigenvalue weighted by Crippen LogP contribution is -2.48. The van der Waals surface area contributed by atoms with Gasteiger partial charge in [0.15, 0.2) is 0 Å². The van der Waals surface area contributed by atoms with Gasteiger partial charge in [0.2, 0.25) is 15.9 Å². The molecule has 1 aromatic carbocycles. The zero-order valence-corrected chi connectivity index (χ0v) is 15.1. The zero-order chi connectivity index (χ0) is 16.3. The molecule has 7 heteroatoms. The van der Waals surface area contributed by atoms with Crippen molar-refractivity contribution in [3.05, 3.63) is 28.7 Å². The Morgan fingerprint density at radius 3 is 2.19 bits per heavy atom. The highest BCUT2D eigenvalue weighted by molar-refractivity contribution is 9.10.